The fourth-order valence-electron chi connectivity index (χ4n) is 4.01. The maximum atomic E-state index is 5.51. The lowest BCUT2D eigenvalue weighted by Crippen LogP contribution is -2.52. The molecular formula is C22H32N6O2. The first kappa shape index (κ1) is 20.7. The molecule has 2 fully saturated rings. The number of morpholine rings is 1. The molecule has 8 nitrogen and oxygen atoms in total. The lowest BCUT2D eigenvalue weighted by atomic mass is 10.1. The third kappa shape index (κ3) is 5.31. The van der Waals surface area contributed by atoms with Gasteiger partial charge in [0, 0.05) is 64.1 Å². The van der Waals surface area contributed by atoms with Gasteiger partial charge in [-0.1, -0.05) is 23.4 Å². The second kappa shape index (κ2) is 10.4. The molecular weight excluding hydrogens is 380 g/mol. The fourth-order valence-corrected chi connectivity index (χ4v) is 4.01. The van der Waals surface area contributed by atoms with Crippen molar-refractivity contribution in [1.29, 1.82) is 0 Å². The SMILES string of the molecule is CCNC(=NCc1ccccc1N1CCOCC1)N1CCN(Cc2ccon2)CC1. The zero-order chi connectivity index (χ0) is 20.6. The second-order valence-corrected chi connectivity index (χ2v) is 7.65. The van der Waals surface area contributed by atoms with Crippen molar-refractivity contribution < 1.29 is 9.26 Å². The second-order valence-electron chi connectivity index (χ2n) is 7.65. The van der Waals surface area contributed by atoms with Gasteiger partial charge in [0.05, 0.1) is 25.5 Å². The summed E-state index contributed by atoms with van der Waals surface area (Å²) in [5.41, 5.74) is 3.53. The van der Waals surface area contributed by atoms with E-state index in [1.807, 2.05) is 6.07 Å². The van der Waals surface area contributed by atoms with Crippen LogP contribution in [0.25, 0.3) is 0 Å². The molecule has 8 heteroatoms. The van der Waals surface area contributed by atoms with Crippen molar-refractivity contribution in [2.45, 2.75) is 20.0 Å². The average Bonchev–Trinajstić information content (AvgIpc) is 3.31. The summed E-state index contributed by atoms with van der Waals surface area (Å²) < 4.78 is 10.5. The van der Waals surface area contributed by atoms with Crippen LogP contribution in [0.2, 0.25) is 0 Å². The Bertz CT molecular complexity index is 796. The quantitative estimate of drug-likeness (QED) is 0.573. The van der Waals surface area contributed by atoms with Gasteiger partial charge in [-0.05, 0) is 18.6 Å². The molecule has 1 N–H and O–H groups in total. The summed E-state index contributed by atoms with van der Waals surface area (Å²) in [5, 5.41) is 7.50. The number of benzene rings is 1. The van der Waals surface area contributed by atoms with E-state index in [4.69, 9.17) is 14.3 Å². The first-order valence-corrected chi connectivity index (χ1v) is 10.9. The standard InChI is InChI=1S/C22H32N6O2/c1-2-23-22(28-10-8-26(9-11-28)18-20-7-14-30-25-20)24-17-19-5-3-4-6-21(19)27-12-15-29-16-13-27/h3-7,14H,2,8-13,15-18H2,1H3,(H,23,24). The monoisotopic (exact) mass is 412 g/mol. The zero-order valence-corrected chi connectivity index (χ0v) is 17.8. The molecule has 0 atom stereocenters. The van der Waals surface area contributed by atoms with Gasteiger partial charge < -0.3 is 24.4 Å². The number of hydrogen-bond acceptors (Lipinski definition) is 6. The molecule has 0 bridgehead atoms. The van der Waals surface area contributed by atoms with Crippen molar-refractivity contribution in [2.75, 3.05) is 63.9 Å². The van der Waals surface area contributed by atoms with Crippen LogP contribution in [0, 0.1) is 0 Å². The number of rotatable bonds is 6. The molecule has 0 saturated carbocycles. The number of hydrogen-bond donors (Lipinski definition) is 1. The number of aliphatic imine (C=N–C) groups is 1. The maximum absolute atomic E-state index is 5.51. The highest BCUT2D eigenvalue weighted by atomic mass is 16.5. The van der Waals surface area contributed by atoms with E-state index in [0.29, 0.717) is 6.54 Å². The summed E-state index contributed by atoms with van der Waals surface area (Å²) in [4.78, 5) is 12.2. The van der Waals surface area contributed by atoms with Gasteiger partial charge in [-0.2, -0.15) is 0 Å². The van der Waals surface area contributed by atoms with Crippen LogP contribution in [0.5, 0.6) is 0 Å². The Morgan fingerprint density at radius 2 is 1.87 bits per heavy atom. The Labute approximate surface area is 178 Å². The van der Waals surface area contributed by atoms with E-state index in [2.05, 4.69) is 56.4 Å². The highest BCUT2D eigenvalue weighted by Crippen LogP contribution is 2.22. The molecule has 3 heterocycles. The van der Waals surface area contributed by atoms with Crippen LogP contribution in [0.1, 0.15) is 18.2 Å². The van der Waals surface area contributed by atoms with Gasteiger partial charge in [0.15, 0.2) is 5.96 Å². The maximum Gasteiger partial charge on any atom is 0.194 e. The summed E-state index contributed by atoms with van der Waals surface area (Å²) in [5.74, 6) is 0.996. The lowest BCUT2D eigenvalue weighted by molar-refractivity contribution is 0.122. The Morgan fingerprint density at radius 1 is 1.07 bits per heavy atom. The van der Waals surface area contributed by atoms with Crippen LogP contribution < -0.4 is 10.2 Å². The van der Waals surface area contributed by atoms with E-state index in [-0.39, 0.29) is 0 Å². The Balaban J connectivity index is 1.39. The van der Waals surface area contributed by atoms with Crippen molar-refractivity contribution in [3.05, 3.63) is 47.9 Å². The van der Waals surface area contributed by atoms with Crippen LogP contribution in [-0.2, 0) is 17.8 Å². The van der Waals surface area contributed by atoms with Crippen molar-refractivity contribution in [3.8, 4) is 0 Å². The van der Waals surface area contributed by atoms with Crippen LogP contribution >= 0.6 is 0 Å². The first-order valence-electron chi connectivity index (χ1n) is 10.9. The predicted molar refractivity (Wildman–Crippen MR) is 118 cm³/mol. The third-order valence-electron chi connectivity index (χ3n) is 5.63. The van der Waals surface area contributed by atoms with Gasteiger partial charge >= 0.3 is 0 Å². The Hall–Kier alpha value is -2.58. The summed E-state index contributed by atoms with van der Waals surface area (Å²) in [6, 6.07) is 10.5. The molecule has 0 radical (unpaired) electrons. The highest BCUT2D eigenvalue weighted by molar-refractivity contribution is 5.80. The number of aromatic nitrogens is 1. The molecule has 162 valence electrons. The van der Waals surface area contributed by atoms with Crippen molar-refractivity contribution in [2.24, 2.45) is 4.99 Å². The van der Waals surface area contributed by atoms with Gasteiger partial charge in [0.25, 0.3) is 0 Å². The van der Waals surface area contributed by atoms with Crippen LogP contribution in [0.3, 0.4) is 0 Å². The third-order valence-corrected chi connectivity index (χ3v) is 5.63. The van der Waals surface area contributed by atoms with Gasteiger partial charge in [-0.25, -0.2) is 4.99 Å². The molecule has 1 aromatic heterocycles. The van der Waals surface area contributed by atoms with E-state index >= 15 is 0 Å². The number of ether oxygens (including phenoxy) is 1. The number of guanidine groups is 1. The molecule has 30 heavy (non-hydrogen) atoms. The van der Waals surface area contributed by atoms with E-state index in [0.717, 1.165) is 77.2 Å². The van der Waals surface area contributed by atoms with Crippen molar-refractivity contribution >= 4 is 11.6 Å². The Kier molecular flexibility index (Phi) is 7.20. The molecule has 0 spiro atoms. The molecule has 0 amide bonds. The van der Waals surface area contributed by atoms with Crippen molar-refractivity contribution in [1.82, 2.24) is 20.3 Å². The number of para-hydroxylation sites is 1. The van der Waals surface area contributed by atoms with E-state index in [9.17, 15) is 0 Å². The summed E-state index contributed by atoms with van der Waals surface area (Å²) in [6.45, 7) is 11.8. The van der Waals surface area contributed by atoms with Crippen LogP contribution in [-0.4, -0.2) is 79.9 Å². The van der Waals surface area contributed by atoms with Crippen LogP contribution in [0.15, 0.2) is 46.1 Å². The predicted octanol–water partition coefficient (Wildman–Crippen LogP) is 1.79. The average molecular weight is 413 g/mol. The zero-order valence-electron chi connectivity index (χ0n) is 17.8. The highest BCUT2D eigenvalue weighted by Gasteiger charge is 2.21. The van der Waals surface area contributed by atoms with E-state index in [1.54, 1.807) is 6.26 Å². The largest absolute Gasteiger partial charge is 0.378 e. The van der Waals surface area contributed by atoms with E-state index < -0.39 is 0 Å². The summed E-state index contributed by atoms with van der Waals surface area (Å²) in [6.07, 6.45) is 1.64. The van der Waals surface area contributed by atoms with Gasteiger partial charge in [0.2, 0.25) is 0 Å². The minimum atomic E-state index is 0.676. The molecule has 2 aliphatic rings. The van der Waals surface area contributed by atoms with E-state index in [1.165, 1.54) is 11.3 Å². The summed E-state index contributed by atoms with van der Waals surface area (Å²) in [7, 11) is 0. The van der Waals surface area contributed by atoms with Gasteiger partial charge in [0.1, 0.15) is 6.26 Å². The fraction of sp³-hybridized carbons (Fsp3) is 0.545. The van der Waals surface area contributed by atoms with Gasteiger partial charge in [-0.15, -0.1) is 0 Å². The topological polar surface area (TPSA) is 69.4 Å². The number of anilines is 1. The molecule has 1 aromatic carbocycles. The molecule has 4 rings (SSSR count). The lowest BCUT2D eigenvalue weighted by Gasteiger charge is -2.36. The van der Waals surface area contributed by atoms with Crippen LogP contribution in [0.4, 0.5) is 5.69 Å². The first-order chi connectivity index (χ1) is 14.8. The number of nitrogens with zero attached hydrogens (tertiary/aromatic N) is 5. The molecule has 2 aliphatic heterocycles. The minimum Gasteiger partial charge on any atom is -0.378 e. The molecule has 2 saturated heterocycles. The summed E-state index contributed by atoms with van der Waals surface area (Å²) >= 11 is 0. The number of piperazine rings is 1. The normalized spacial score (nSPS) is 18.6. The van der Waals surface area contributed by atoms with Gasteiger partial charge in [-0.3, -0.25) is 4.90 Å². The van der Waals surface area contributed by atoms with Crippen molar-refractivity contribution in [3.63, 3.8) is 0 Å². The Morgan fingerprint density at radius 3 is 2.60 bits per heavy atom. The molecule has 2 aromatic rings. The number of nitrogens with one attached hydrogen (secondary N) is 1. The minimum absolute atomic E-state index is 0.676. The smallest absolute Gasteiger partial charge is 0.194 e. The molecule has 0 aliphatic carbocycles. The molecule has 0 unspecified atom stereocenters.